The normalized spacial score (nSPS) is 20.8. The molecule has 9 heteroatoms. The molecule has 0 aliphatic carbocycles. The van der Waals surface area contributed by atoms with Gasteiger partial charge in [0.1, 0.15) is 5.82 Å². The van der Waals surface area contributed by atoms with Gasteiger partial charge in [-0.1, -0.05) is 12.1 Å². The minimum absolute atomic E-state index is 0.247. The van der Waals surface area contributed by atoms with Gasteiger partial charge in [0.05, 0.1) is 18.8 Å². The zero-order chi connectivity index (χ0) is 20.3. The molecule has 0 amide bonds. The van der Waals surface area contributed by atoms with Gasteiger partial charge in [0.2, 0.25) is 5.95 Å². The van der Waals surface area contributed by atoms with Gasteiger partial charge in [0, 0.05) is 45.0 Å². The summed E-state index contributed by atoms with van der Waals surface area (Å²) in [7, 11) is 0. The van der Waals surface area contributed by atoms with Crippen LogP contribution >= 0.6 is 0 Å². The molecule has 0 radical (unpaired) electrons. The number of ether oxygens (including phenoxy) is 1. The first-order valence-corrected chi connectivity index (χ1v) is 9.78. The fourth-order valence-electron chi connectivity index (χ4n) is 3.71. The van der Waals surface area contributed by atoms with E-state index in [1.165, 1.54) is 0 Å². The Hall–Kier alpha value is -2.39. The zero-order valence-electron chi connectivity index (χ0n) is 16.0. The van der Waals surface area contributed by atoms with Gasteiger partial charge < -0.3 is 15.0 Å². The monoisotopic (exact) mass is 407 g/mol. The van der Waals surface area contributed by atoms with Gasteiger partial charge in [-0.3, -0.25) is 4.90 Å². The van der Waals surface area contributed by atoms with E-state index in [2.05, 4.69) is 25.1 Å². The van der Waals surface area contributed by atoms with Crippen molar-refractivity contribution in [1.82, 2.24) is 14.9 Å². The molecule has 6 nitrogen and oxygen atoms in total. The third-order valence-corrected chi connectivity index (χ3v) is 5.25. The predicted octanol–water partition coefficient (Wildman–Crippen LogP) is 3.02. The molecule has 2 aromatic rings. The standard InChI is InChI=1S/C20H24F3N5O/c21-20(22,23)16-3-1-15(2-4-16)13-27-8-6-17(14-27)25-18-5-7-24-19(26-18)28-9-11-29-12-10-28/h1-5,7,17H,6,8-14H2,(H,24,25,26). The Morgan fingerprint density at radius 3 is 2.55 bits per heavy atom. The molecular formula is C20H24F3N5O. The summed E-state index contributed by atoms with van der Waals surface area (Å²) in [6.07, 6.45) is -1.58. The fourth-order valence-corrected chi connectivity index (χ4v) is 3.71. The largest absolute Gasteiger partial charge is 0.416 e. The van der Waals surface area contributed by atoms with Crippen LogP contribution in [0, 0.1) is 0 Å². The van der Waals surface area contributed by atoms with Crippen LogP contribution in [0.15, 0.2) is 36.5 Å². The third kappa shape index (κ3) is 5.16. The van der Waals surface area contributed by atoms with Gasteiger partial charge >= 0.3 is 6.18 Å². The quantitative estimate of drug-likeness (QED) is 0.823. The van der Waals surface area contributed by atoms with Gasteiger partial charge in [-0.25, -0.2) is 4.98 Å². The highest BCUT2D eigenvalue weighted by molar-refractivity contribution is 5.42. The topological polar surface area (TPSA) is 53.5 Å². The van der Waals surface area contributed by atoms with E-state index in [4.69, 9.17) is 4.74 Å². The number of morpholine rings is 1. The number of anilines is 2. The summed E-state index contributed by atoms with van der Waals surface area (Å²) in [5.41, 5.74) is 0.275. The lowest BCUT2D eigenvalue weighted by Gasteiger charge is -2.27. The second-order valence-electron chi connectivity index (χ2n) is 7.40. The first kappa shape index (κ1) is 19.9. The van der Waals surface area contributed by atoms with Crippen molar-refractivity contribution in [2.75, 3.05) is 49.6 Å². The van der Waals surface area contributed by atoms with E-state index in [0.29, 0.717) is 25.7 Å². The van der Waals surface area contributed by atoms with E-state index in [1.54, 1.807) is 18.3 Å². The van der Waals surface area contributed by atoms with Crippen molar-refractivity contribution >= 4 is 11.8 Å². The van der Waals surface area contributed by atoms with Crippen molar-refractivity contribution < 1.29 is 17.9 Å². The second kappa shape index (κ2) is 8.54. The predicted molar refractivity (Wildman–Crippen MR) is 104 cm³/mol. The highest BCUT2D eigenvalue weighted by Gasteiger charge is 2.30. The van der Waals surface area contributed by atoms with Gasteiger partial charge in [0.15, 0.2) is 0 Å². The maximum absolute atomic E-state index is 12.7. The van der Waals surface area contributed by atoms with Crippen LogP contribution in [0.5, 0.6) is 0 Å². The van der Waals surface area contributed by atoms with E-state index in [1.807, 2.05) is 6.07 Å². The molecular weight excluding hydrogens is 383 g/mol. The molecule has 3 heterocycles. The Balaban J connectivity index is 1.31. The number of hydrogen-bond acceptors (Lipinski definition) is 6. The Morgan fingerprint density at radius 2 is 1.83 bits per heavy atom. The van der Waals surface area contributed by atoms with Crippen LogP contribution in [0.3, 0.4) is 0 Å². The van der Waals surface area contributed by atoms with Crippen molar-refractivity contribution in [2.24, 2.45) is 0 Å². The molecule has 0 bridgehead atoms. The van der Waals surface area contributed by atoms with Crippen LogP contribution < -0.4 is 10.2 Å². The first-order valence-electron chi connectivity index (χ1n) is 9.78. The van der Waals surface area contributed by atoms with Crippen molar-refractivity contribution in [1.29, 1.82) is 0 Å². The van der Waals surface area contributed by atoms with Gasteiger partial charge in [-0.15, -0.1) is 0 Å². The van der Waals surface area contributed by atoms with Gasteiger partial charge in [-0.2, -0.15) is 18.2 Å². The molecule has 2 aliphatic rings. The van der Waals surface area contributed by atoms with Crippen molar-refractivity contribution in [3.8, 4) is 0 Å². The number of likely N-dealkylation sites (tertiary alicyclic amines) is 1. The summed E-state index contributed by atoms with van der Waals surface area (Å²) in [4.78, 5) is 13.3. The first-order chi connectivity index (χ1) is 14.0. The molecule has 2 saturated heterocycles. The zero-order valence-corrected chi connectivity index (χ0v) is 16.0. The number of rotatable bonds is 5. The number of alkyl halides is 3. The number of benzene rings is 1. The highest BCUT2D eigenvalue weighted by Crippen LogP contribution is 2.29. The SMILES string of the molecule is FC(F)(F)c1ccc(CN2CCC(Nc3ccnc(N4CCOCC4)n3)C2)cc1. The molecule has 0 spiro atoms. The van der Waals surface area contributed by atoms with E-state index in [0.717, 1.165) is 56.1 Å². The summed E-state index contributed by atoms with van der Waals surface area (Å²) in [5.74, 6) is 1.50. The molecule has 156 valence electrons. The van der Waals surface area contributed by atoms with E-state index >= 15 is 0 Å². The summed E-state index contributed by atoms with van der Waals surface area (Å²) in [6.45, 7) is 5.28. The number of halogens is 3. The van der Waals surface area contributed by atoms with Crippen LogP contribution in [0.1, 0.15) is 17.5 Å². The number of nitrogens with one attached hydrogen (secondary N) is 1. The maximum atomic E-state index is 12.7. The average Bonchev–Trinajstić information content (AvgIpc) is 3.15. The number of aromatic nitrogens is 2. The Labute approximate surface area is 167 Å². The van der Waals surface area contributed by atoms with Gasteiger partial charge in [0.25, 0.3) is 0 Å². The minimum atomic E-state index is -4.29. The number of nitrogens with zero attached hydrogens (tertiary/aromatic N) is 4. The molecule has 1 unspecified atom stereocenters. The van der Waals surface area contributed by atoms with Crippen molar-refractivity contribution in [2.45, 2.75) is 25.2 Å². The molecule has 2 aliphatic heterocycles. The lowest BCUT2D eigenvalue weighted by molar-refractivity contribution is -0.137. The molecule has 29 heavy (non-hydrogen) atoms. The molecule has 2 fully saturated rings. The summed E-state index contributed by atoms with van der Waals surface area (Å²) in [5, 5.41) is 3.47. The molecule has 4 rings (SSSR count). The van der Waals surface area contributed by atoms with Crippen LogP contribution in [-0.2, 0) is 17.5 Å². The molecule has 1 aromatic heterocycles. The Kier molecular flexibility index (Phi) is 5.86. The molecule has 1 aromatic carbocycles. The van der Waals surface area contributed by atoms with Crippen LogP contribution in [0.2, 0.25) is 0 Å². The Bertz CT molecular complexity index is 809. The summed E-state index contributed by atoms with van der Waals surface area (Å²) < 4.78 is 43.4. The van der Waals surface area contributed by atoms with Crippen LogP contribution in [-0.4, -0.2) is 60.3 Å². The lowest BCUT2D eigenvalue weighted by atomic mass is 10.1. The summed E-state index contributed by atoms with van der Waals surface area (Å²) in [6, 6.07) is 7.52. The smallest absolute Gasteiger partial charge is 0.378 e. The molecule has 1 N–H and O–H groups in total. The van der Waals surface area contributed by atoms with E-state index < -0.39 is 11.7 Å². The fraction of sp³-hybridized carbons (Fsp3) is 0.500. The lowest BCUT2D eigenvalue weighted by Crippen LogP contribution is -2.37. The summed E-state index contributed by atoms with van der Waals surface area (Å²) >= 11 is 0. The third-order valence-electron chi connectivity index (χ3n) is 5.25. The molecule has 1 atom stereocenters. The van der Waals surface area contributed by atoms with Crippen LogP contribution in [0.4, 0.5) is 24.9 Å². The highest BCUT2D eigenvalue weighted by atomic mass is 19.4. The maximum Gasteiger partial charge on any atom is 0.416 e. The van der Waals surface area contributed by atoms with E-state index in [-0.39, 0.29) is 6.04 Å². The molecule has 0 saturated carbocycles. The van der Waals surface area contributed by atoms with Crippen molar-refractivity contribution in [3.63, 3.8) is 0 Å². The Morgan fingerprint density at radius 1 is 1.07 bits per heavy atom. The number of hydrogen-bond donors (Lipinski definition) is 1. The average molecular weight is 407 g/mol. The van der Waals surface area contributed by atoms with Crippen molar-refractivity contribution in [3.05, 3.63) is 47.7 Å². The van der Waals surface area contributed by atoms with Gasteiger partial charge in [-0.05, 0) is 30.2 Å². The second-order valence-corrected chi connectivity index (χ2v) is 7.40. The van der Waals surface area contributed by atoms with Crippen LogP contribution in [0.25, 0.3) is 0 Å². The minimum Gasteiger partial charge on any atom is -0.378 e. The van der Waals surface area contributed by atoms with E-state index in [9.17, 15) is 13.2 Å².